The molecule has 3 nitrogen and oxygen atoms in total. The number of aryl methyl sites for hydroxylation is 1. The molecule has 114 valence electrons. The molecule has 0 aromatic heterocycles. The highest BCUT2D eigenvalue weighted by Gasteiger charge is 2.26. The fourth-order valence-corrected chi connectivity index (χ4v) is 3.94. The van der Waals surface area contributed by atoms with Crippen molar-refractivity contribution in [1.82, 2.24) is 5.32 Å². The number of carbonyl (C=O) groups is 1. The highest BCUT2D eigenvalue weighted by Crippen LogP contribution is 2.36. The first-order chi connectivity index (χ1) is 10.7. The van der Waals surface area contributed by atoms with E-state index in [1.165, 1.54) is 16.7 Å². The number of hydrogen-bond donors (Lipinski definition) is 2. The smallest absolute Gasteiger partial charge is 0.237 e. The van der Waals surface area contributed by atoms with Crippen LogP contribution in [0.3, 0.4) is 0 Å². The lowest BCUT2D eigenvalue weighted by molar-refractivity contribution is -0.120. The summed E-state index contributed by atoms with van der Waals surface area (Å²) in [5.74, 6) is 1.13. The number of nitrogens with one attached hydrogen (secondary N) is 1. The number of fused-ring (bicyclic) bond motifs is 1. The number of nitrogens with two attached hydrogens (primary N) is 1. The van der Waals surface area contributed by atoms with E-state index in [4.69, 9.17) is 5.73 Å². The maximum absolute atomic E-state index is 12.5. The maximum atomic E-state index is 12.5. The fraction of sp³-hybridized carbons (Fsp3) is 0.278. The minimum atomic E-state index is -0.0728. The summed E-state index contributed by atoms with van der Waals surface area (Å²) >= 11 is 1.73. The molecule has 1 amide bonds. The first kappa shape index (κ1) is 15.0. The van der Waals surface area contributed by atoms with Gasteiger partial charge in [0.2, 0.25) is 5.91 Å². The predicted molar refractivity (Wildman–Crippen MR) is 92.9 cm³/mol. The molecule has 2 aromatic rings. The van der Waals surface area contributed by atoms with Crippen LogP contribution in [0.1, 0.15) is 21.9 Å². The average Bonchev–Trinajstić information content (AvgIpc) is 2.56. The van der Waals surface area contributed by atoms with E-state index < -0.39 is 0 Å². The van der Waals surface area contributed by atoms with Crippen molar-refractivity contribution < 1.29 is 4.79 Å². The third kappa shape index (κ3) is 3.45. The standard InChI is InChI=1S/C18H20N2OS/c19-15-7-5-13(6-8-15)9-11-20-18(21)17-16-4-2-1-3-14(16)10-12-22-17/h1-8,17H,9-12,19H2,(H,20,21). The summed E-state index contributed by atoms with van der Waals surface area (Å²) < 4.78 is 0. The van der Waals surface area contributed by atoms with Crippen LogP contribution < -0.4 is 11.1 Å². The number of thioether (sulfide) groups is 1. The fourth-order valence-electron chi connectivity index (χ4n) is 2.72. The summed E-state index contributed by atoms with van der Waals surface area (Å²) in [7, 11) is 0. The van der Waals surface area contributed by atoms with E-state index in [9.17, 15) is 4.79 Å². The van der Waals surface area contributed by atoms with E-state index in [2.05, 4.69) is 17.4 Å². The number of carbonyl (C=O) groups excluding carboxylic acids is 1. The molecule has 2 aromatic carbocycles. The Balaban J connectivity index is 1.58. The molecule has 1 aliphatic rings. The molecule has 4 heteroatoms. The molecule has 0 fully saturated rings. The summed E-state index contributed by atoms with van der Waals surface area (Å²) in [6.07, 6.45) is 1.88. The summed E-state index contributed by atoms with van der Waals surface area (Å²) in [4.78, 5) is 12.5. The number of benzene rings is 2. The van der Waals surface area contributed by atoms with Crippen LogP contribution in [0, 0.1) is 0 Å². The summed E-state index contributed by atoms with van der Waals surface area (Å²) in [6, 6.07) is 16.1. The van der Waals surface area contributed by atoms with Crippen LogP contribution in [-0.2, 0) is 17.6 Å². The Bertz CT molecular complexity index is 654. The van der Waals surface area contributed by atoms with Crippen LogP contribution in [0.25, 0.3) is 0 Å². The van der Waals surface area contributed by atoms with Crippen molar-refractivity contribution in [3.8, 4) is 0 Å². The lowest BCUT2D eigenvalue weighted by Crippen LogP contribution is -2.31. The zero-order valence-electron chi connectivity index (χ0n) is 12.4. The van der Waals surface area contributed by atoms with E-state index in [-0.39, 0.29) is 11.2 Å². The van der Waals surface area contributed by atoms with Gasteiger partial charge in [-0.05, 0) is 47.4 Å². The van der Waals surface area contributed by atoms with Crippen molar-refractivity contribution in [2.75, 3.05) is 18.0 Å². The van der Waals surface area contributed by atoms with Crippen LogP contribution in [0.5, 0.6) is 0 Å². The SMILES string of the molecule is Nc1ccc(CCNC(=O)C2SCCc3ccccc32)cc1. The Hall–Kier alpha value is -1.94. The minimum Gasteiger partial charge on any atom is -0.399 e. The number of amides is 1. The normalized spacial score (nSPS) is 16.8. The molecule has 0 bridgehead atoms. The molecule has 3 rings (SSSR count). The highest BCUT2D eigenvalue weighted by atomic mass is 32.2. The third-order valence-corrected chi connectivity index (χ3v) is 5.17. The van der Waals surface area contributed by atoms with Gasteiger partial charge in [0.05, 0.1) is 0 Å². The van der Waals surface area contributed by atoms with E-state index >= 15 is 0 Å². The summed E-state index contributed by atoms with van der Waals surface area (Å²) in [5, 5.41) is 2.99. The first-order valence-electron chi connectivity index (χ1n) is 7.55. The van der Waals surface area contributed by atoms with Gasteiger partial charge in [-0.2, -0.15) is 0 Å². The van der Waals surface area contributed by atoms with Gasteiger partial charge in [0.15, 0.2) is 0 Å². The van der Waals surface area contributed by atoms with Crippen LogP contribution in [0.2, 0.25) is 0 Å². The summed E-state index contributed by atoms with van der Waals surface area (Å²) in [6.45, 7) is 0.655. The topological polar surface area (TPSA) is 55.1 Å². The quantitative estimate of drug-likeness (QED) is 0.854. The van der Waals surface area contributed by atoms with Crippen molar-refractivity contribution in [3.05, 3.63) is 65.2 Å². The van der Waals surface area contributed by atoms with Gasteiger partial charge < -0.3 is 11.1 Å². The Kier molecular flexibility index (Phi) is 4.68. The molecule has 1 aliphatic heterocycles. The average molecular weight is 312 g/mol. The molecule has 3 N–H and O–H groups in total. The van der Waals surface area contributed by atoms with E-state index in [1.807, 2.05) is 36.4 Å². The number of anilines is 1. The second-order valence-electron chi connectivity index (χ2n) is 5.48. The summed E-state index contributed by atoms with van der Waals surface area (Å²) in [5.41, 5.74) is 10.1. The van der Waals surface area contributed by atoms with Crippen LogP contribution in [0.4, 0.5) is 5.69 Å². The van der Waals surface area contributed by atoms with Gasteiger partial charge in [-0.1, -0.05) is 36.4 Å². The number of nitrogen functional groups attached to an aromatic ring is 1. The largest absolute Gasteiger partial charge is 0.399 e. The van der Waals surface area contributed by atoms with Crippen molar-refractivity contribution in [3.63, 3.8) is 0 Å². The molecule has 0 saturated heterocycles. The number of hydrogen-bond acceptors (Lipinski definition) is 3. The van der Waals surface area contributed by atoms with Gasteiger partial charge in [-0.25, -0.2) is 0 Å². The zero-order chi connectivity index (χ0) is 15.4. The van der Waals surface area contributed by atoms with E-state index in [0.717, 1.165) is 24.3 Å². The molecule has 0 aliphatic carbocycles. The Morgan fingerprint density at radius 2 is 1.95 bits per heavy atom. The molecule has 0 radical (unpaired) electrons. The van der Waals surface area contributed by atoms with Crippen LogP contribution >= 0.6 is 11.8 Å². The molecule has 22 heavy (non-hydrogen) atoms. The molecule has 1 heterocycles. The molecule has 0 spiro atoms. The highest BCUT2D eigenvalue weighted by molar-refractivity contribution is 8.00. The molecular formula is C18H20N2OS. The third-order valence-electron chi connectivity index (χ3n) is 3.92. The number of rotatable bonds is 4. The van der Waals surface area contributed by atoms with Gasteiger partial charge in [0.1, 0.15) is 5.25 Å². The van der Waals surface area contributed by atoms with Crippen molar-refractivity contribution in [2.45, 2.75) is 18.1 Å². The van der Waals surface area contributed by atoms with Crippen molar-refractivity contribution in [2.24, 2.45) is 0 Å². The Morgan fingerprint density at radius 3 is 2.77 bits per heavy atom. The Morgan fingerprint density at radius 1 is 1.18 bits per heavy atom. The predicted octanol–water partition coefficient (Wildman–Crippen LogP) is 2.96. The van der Waals surface area contributed by atoms with E-state index in [0.29, 0.717) is 6.54 Å². The van der Waals surface area contributed by atoms with Crippen molar-refractivity contribution >= 4 is 23.4 Å². The lowest BCUT2D eigenvalue weighted by Gasteiger charge is -2.24. The van der Waals surface area contributed by atoms with Gasteiger partial charge >= 0.3 is 0 Å². The van der Waals surface area contributed by atoms with E-state index in [1.54, 1.807) is 11.8 Å². The molecule has 1 atom stereocenters. The maximum Gasteiger partial charge on any atom is 0.237 e. The molecular weight excluding hydrogens is 292 g/mol. The monoisotopic (exact) mass is 312 g/mol. The second-order valence-corrected chi connectivity index (χ2v) is 6.70. The Labute approximate surface area is 135 Å². The van der Waals surface area contributed by atoms with Crippen molar-refractivity contribution in [1.29, 1.82) is 0 Å². The first-order valence-corrected chi connectivity index (χ1v) is 8.60. The minimum absolute atomic E-state index is 0.0728. The van der Waals surface area contributed by atoms with Gasteiger partial charge in [-0.3, -0.25) is 4.79 Å². The van der Waals surface area contributed by atoms with Gasteiger partial charge in [0.25, 0.3) is 0 Å². The molecule has 0 saturated carbocycles. The lowest BCUT2D eigenvalue weighted by atomic mass is 10.0. The second kappa shape index (κ2) is 6.88. The van der Waals surface area contributed by atoms with Gasteiger partial charge in [-0.15, -0.1) is 11.8 Å². The van der Waals surface area contributed by atoms with Crippen LogP contribution in [0.15, 0.2) is 48.5 Å². The zero-order valence-corrected chi connectivity index (χ0v) is 13.2. The van der Waals surface area contributed by atoms with Gasteiger partial charge in [0, 0.05) is 12.2 Å². The van der Waals surface area contributed by atoms with Crippen LogP contribution in [-0.4, -0.2) is 18.2 Å². The molecule has 1 unspecified atom stereocenters.